The number of furan rings is 1. The molecule has 0 atom stereocenters. The first-order chi connectivity index (χ1) is 11.5. The van der Waals surface area contributed by atoms with Crippen LogP contribution in [0.25, 0.3) is 0 Å². The third-order valence-corrected chi connectivity index (χ3v) is 4.04. The molecule has 1 heterocycles. The Morgan fingerprint density at radius 1 is 1.17 bits per heavy atom. The van der Waals surface area contributed by atoms with E-state index in [4.69, 9.17) is 9.52 Å². The summed E-state index contributed by atoms with van der Waals surface area (Å²) in [5.74, 6) is 0.329. The summed E-state index contributed by atoms with van der Waals surface area (Å²) in [6.07, 6.45) is 1.32. The summed E-state index contributed by atoms with van der Waals surface area (Å²) >= 11 is 0. The van der Waals surface area contributed by atoms with Crippen molar-refractivity contribution < 1.29 is 23.5 Å². The number of rotatable bonds is 7. The van der Waals surface area contributed by atoms with Crippen molar-refractivity contribution in [3.63, 3.8) is 0 Å². The van der Waals surface area contributed by atoms with E-state index in [1.807, 2.05) is 0 Å². The Labute approximate surface area is 138 Å². The monoisotopic (exact) mass is 331 g/mol. The molecule has 1 fully saturated rings. The second kappa shape index (κ2) is 6.86. The molecule has 5 nitrogen and oxygen atoms in total. The van der Waals surface area contributed by atoms with Crippen molar-refractivity contribution in [2.45, 2.75) is 31.7 Å². The first kappa shape index (κ1) is 16.2. The fourth-order valence-corrected chi connectivity index (χ4v) is 2.59. The van der Waals surface area contributed by atoms with Crippen LogP contribution in [0, 0.1) is 5.82 Å². The van der Waals surface area contributed by atoms with E-state index >= 15 is 0 Å². The number of hydrogen-bond donors (Lipinski definition) is 1. The van der Waals surface area contributed by atoms with Crippen LogP contribution in [0.4, 0.5) is 9.18 Å². The van der Waals surface area contributed by atoms with Gasteiger partial charge in [-0.1, -0.05) is 12.1 Å². The van der Waals surface area contributed by atoms with E-state index in [1.54, 1.807) is 24.3 Å². The lowest BCUT2D eigenvalue weighted by molar-refractivity contribution is 0.0929. The van der Waals surface area contributed by atoms with E-state index in [9.17, 15) is 14.0 Å². The topological polar surface area (TPSA) is 70.8 Å². The molecule has 0 saturated heterocycles. The lowest BCUT2D eigenvalue weighted by Gasteiger charge is -2.17. The van der Waals surface area contributed by atoms with Crippen LogP contribution in [0.2, 0.25) is 0 Å². The molecule has 1 saturated carbocycles. The molecule has 6 heteroatoms. The molecule has 2 aromatic rings. The SMILES string of the molecule is O=C(CCN(C(=O)O)C1CC1)c1ccc(Cc2ccc(F)cc2)o1. The van der Waals surface area contributed by atoms with Crippen molar-refractivity contribution in [3.05, 3.63) is 59.3 Å². The molecule has 0 unspecified atom stereocenters. The van der Waals surface area contributed by atoms with Crippen molar-refractivity contribution in [3.8, 4) is 0 Å². The van der Waals surface area contributed by atoms with Gasteiger partial charge in [-0.15, -0.1) is 0 Å². The molecule has 1 aliphatic rings. The van der Waals surface area contributed by atoms with Crippen molar-refractivity contribution in [1.29, 1.82) is 0 Å². The number of nitrogens with zero attached hydrogens (tertiary/aromatic N) is 1. The molecule has 126 valence electrons. The Morgan fingerprint density at radius 3 is 2.50 bits per heavy atom. The number of amides is 1. The number of hydrogen-bond acceptors (Lipinski definition) is 3. The van der Waals surface area contributed by atoms with E-state index in [2.05, 4.69) is 0 Å². The Hall–Kier alpha value is -2.63. The number of carbonyl (C=O) groups excluding carboxylic acids is 1. The average molecular weight is 331 g/mol. The minimum Gasteiger partial charge on any atom is -0.465 e. The molecule has 1 aliphatic carbocycles. The molecule has 1 amide bonds. The minimum atomic E-state index is -0.984. The zero-order chi connectivity index (χ0) is 17.1. The van der Waals surface area contributed by atoms with E-state index in [1.165, 1.54) is 17.0 Å². The highest BCUT2D eigenvalue weighted by Crippen LogP contribution is 2.27. The smallest absolute Gasteiger partial charge is 0.407 e. The van der Waals surface area contributed by atoms with Gasteiger partial charge in [0.1, 0.15) is 11.6 Å². The quantitative estimate of drug-likeness (QED) is 0.785. The third kappa shape index (κ3) is 4.01. The van der Waals surface area contributed by atoms with Crippen molar-refractivity contribution in [1.82, 2.24) is 4.90 Å². The molecule has 1 aromatic carbocycles. The number of Topliss-reactive ketones (excluding diaryl/α,β-unsaturated/α-hetero) is 1. The molecule has 3 rings (SSSR count). The van der Waals surface area contributed by atoms with Crippen LogP contribution in [-0.2, 0) is 6.42 Å². The summed E-state index contributed by atoms with van der Waals surface area (Å²) in [5, 5.41) is 9.12. The van der Waals surface area contributed by atoms with E-state index in [-0.39, 0.29) is 36.4 Å². The van der Waals surface area contributed by atoms with Gasteiger partial charge in [-0.05, 0) is 42.7 Å². The highest BCUT2D eigenvalue weighted by Gasteiger charge is 2.32. The van der Waals surface area contributed by atoms with Gasteiger partial charge in [-0.3, -0.25) is 4.79 Å². The summed E-state index contributed by atoms with van der Waals surface area (Å²) < 4.78 is 18.4. The molecule has 0 spiro atoms. The number of carbonyl (C=O) groups is 2. The lowest BCUT2D eigenvalue weighted by Crippen LogP contribution is -2.33. The fraction of sp³-hybridized carbons (Fsp3) is 0.333. The van der Waals surface area contributed by atoms with E-state index < -0.39 is 6.09 Å². The van der Waals surface area contributed by atoms with Gasteiger partial charge in [0.2, 0.25) is 0 Å². The van der Waals surface area contributed by atoms with Crippen LogP contribution in [0.5, 0.6) is 0 Å². The highest BCUT2D eigenvalue weighted by molar-refractivity contribution is 5.93. The van der Waals surface area contributed by atoms with Gasteiger partial charge in [-0.25, -0.2) is 9.18 Å². The largest absolute Gasteiger partial charge is 0.465 e. The number of benzene rings is 1. The van der Waals surface area contributed by atoms with Crippen molar-refractivity contribution in [2.75, 3.05) is 6.54 Å². The minimum absolute atomic E-state index is 0.0564. The maximum Gasteiger partial charge on any atom is 0.407 e. The Bertz CT molecular complexity index is 734. The molecule has 1 N–H and O–H groups in total. The summed E-state index contributed by atoms with van der Waals surface area (Å²) in [6.45, 7) is 0.187. The van der Waals surface area contributed by atoms with Crippen LogP contribution < -0.4 is 0 Å². The van der Waals surface area contributed by atoms with Crippen LogP contribution in [0.3, 0.4) is 0 Å². The highest BCUT2D eigenvalue weighted by atomic mass is 19.1. The molecule has 0 bridgehead atoms. The Morgan fingerprint density at radius 2 is 1.88 bits per heavy atom. The maximum absolute atomic E-state index is 12.9. The Balaban J connectivity index is 1.57. The van der Waals surface area contributed by atoms with Gasteiger partial charge < -0.3 is 14.4 Å². The molecular weight excluding hydrogens is 313 g/mol. The summed E-state index contributed by atoms with van der Waals surface area (Å²) in [5.41, 5.74) is 0.885. The zero-order valence-corrected chi connectivity index (χ0v) is 13.1. The number of halogens is 1. The lowest BCUT2D eigenvalue weighted by atomic mass is 10.1. The van der Waals surface area contributed by atoms with Crippen molar-refractivity contribution in [2.24, 2.45) is 0 Å². The van der Waals surface area contributed by atoms with Gasteiger partial charge in [0.15, 0.2) is 11.5 Å². The van der Waals surface area contributed by atoms with Crippen LogP contribution in [0.1, 0.15) is 41.1 Å². The summed E-state index contributed by atoms with van der Waals surface area (Å²) in [4.78, 5) is 24.6. The Kier molecular flexibility index (Phi) is 4.64. The van der Waals surface area contributed by atoms with Gasteiger partial charge in [0.25, 0.3) is 0 Å². The third-order valence-electron chi connectivity index (χ3n) is 4.04. The van der Waals surface area contributed by atoms with Gasteiger partial charge in [0, 0.05) is 25.4 Å². The average Bonchev–Trinajstić information content (AvgIpc) is 3.27. The van der Waals surface area contributed by atoms with Crippen LogP contribution in [0.15, 0.2) is 40.8 Å². The predicted molar refractivity (Wildman–Crippen MR) is 84.6 cm³/mol. The standard InChI is InChI=1S/C18H18FNO4/c19-13-3-1-12(2-4-13)11-15-7-8-17(24-15)16(21)9-10-20(18(22)23)14-5-6-14/h1-4,7-8,14H,5-6,9-11H2,(H,22,23). The predicted octanol–water partition coefficient (Wildman–Crippen LogP) is 3.72. The first-order valence-electron chi connectivity index (χ1n) is 7.89. The zero-order valence-electron chi connectivity index (χ0n) is 13.1. The van der Waals surface area contributed by atoms with Crippen molar-refractivity contribution >= 4 is 11.9 Å². The molecule has 0 aliphatic heterocycles. The van der Waals surface area contributed by atoms with Crippen LogP contribution >= 0.6 is 0 Å². The number of ketones is 1. The summed E-state index contributed by atoms with van der Waals surface area (Å²) in [7, 11) is 0. The first-order valence-corrected chi connectivity index (χ1v) is 7.89. The molecular formula is C18H18FNO4. The van der Waals surface area contributed by atoms with Crippen LogP contribution in [-0.4, -0.2) is 34.5 Å². The molecule has 1 aromatic heterocycles. The van der Waals surface area contributed by atoms with Gasteiger partial charge in [-0.2, -0.15) is 0 Å². The van der Waals surface area contributed by atoms with Gasteiger partial charge >= 0.3 is 6.09 Å². The maximum atomic E-state index is 12.9. The summed E-state index contributed by atoms with van der Waals surface area (Å²) in [6, 6.07) is 9.46. The molecule has 24 heavy (non-hydrogen) atoms. The second-order valence-corrected chi connectivity index (χ2v) is 5.95. The number of carboxylic acid groups (broad SMARTS) is 1. The fourth-order valence-electron chi connectivity index (χ4n) is 2.59. The second-order valence-electron chi connectivity index (χ2n) is 5.95. The van der Waals surface area contributed by atoms with E-state index in [0.717, 1.165) is 18.4 Å². The normalized spacial score (nSPS) is 13.7. The van der Waals surface area contributed by atoms with E-state index in [0.29, 0.717) is 12.2 Å². The molecule has 0 radical (unpaired) electrons. The van der Waals surface area contributed by atoms with Gasteiger partial charge in [0.05, 0.1) is 0 Å².